The Labute approximate surface area is 143 Å². The number of nitrogens with one attached hydrogen (secondary N) is 2. The molecule has 9 heteroatoms. The van der Waals surface area contributed by atoms with E-state index >= 15 is 0 Å². The van der Waals surface area contributed by atoms with E-state index in [-0.39, 0.29) is 10.5 Å². The van der Waals surface area contributed by atoms with Crippen LogP contribution in [0.15, 0.2) is 46.7 Å². The van der Waals surface area contributed by atoms with Crippen LogP contribution in [0.4, 0.5) is 0 Å². The molecule has 1 atom stereocenters. The molecule has 2 aromatic rings. The van der Waals surface area contributed by atoms with Gasteiger partial charge in [-0.15, -0.1) is 11.3 Å². The number of sulfonamides is 1. The Hall–Kier alpha value is -2.70. The Bertz CT molecular complexity index is 899. The van der Waals surface area contributed by atoms with E-state index in [1.807, 2.05) is 10.8 Å². The van der Waals surface area contributed by atoms with Gasteiger partial charge in [-0.25, -0.2) is 13.1 Å². The Morgan fingerprint density at radius 2 is 2.00 bits per heavy atom. The number of carbonyl (C=O) groups is 2. The van der Waals surface area contributed by atoms with Crippen LogP contribution in [-0.4, -0.2) is 26.3 Å². The number of hydrogen-bond donors (Lipinski definition) is 2. The minimum absolute atomic E-state index is 0.157. The summed E-state index contributed by atoms with van der Waals surface area (Å²) in [5, 5.41) is 12.9. The zero-order chi connectivity index (χ0) is 17.7. The number of nitriles is 1. The summed E-state index contributed by atoms with van der Waals surface area (Å²) in [6.45, 7) is 1.38. The normalized spacial score (nSPS) is 12.0. The fourth-order valence-electron chi connectivity index (χ4n) is 1.75. The molecule has 7 nitrogen and oxygen atoms in total. The number of benzene rings is 1. The second-order valence-electron chi connectivity index (χ2n) is 4.78. The third-order valence-electron chi connectivity index (χ3n) is 2.99. The molecule has 0 bridgehead atoms. The minimum atomic E-state index is -4.13. The lowest BCUT2D eigenvalue weighted by Crippen LogP contribution is -2.46. The third-order valence-corrected chi connectivity index (χ3v) is 5.21. The van der Waals surface area contributed by atoms with E-state index in [0.717, 1.165) is 6.07 Å². The van der Waals surface area contributed by atoms with E-state index in [2.05, 4.69) is 5.32 Å². The molecule has 0 aliphatic carbocycles. The molecule has 0 aliphatic rings. The molecule has 2 rings (SSSR count). The van der Waals surface area contributed by atoms with Crippen LogP contribution in [0.5, 0.6) is 0 Å². The Kier molecular flexibility index (Phi) is 5.33. The number of amides is 2. The van der Waals surface area contributed by atoms with Gasteiger partial charge in [0, 0.05) is 0 Å². The van der Waals surface area contributed by atoms with E-state index in [9.17, 15) is 18.0 Å². The molecule has 2 amide bonds. The van der Waals surface area contributed by atoms with Crippen LogP contribution in [0.2, 0.25) is 0 Å². The van der Waals surface area contributed by atoms with E-state index in [4.69, 9.17) is 5.26 Å². The Balaban J connectivity index is 2.07. The van der Waals surface area contributed by atoms with Crippen LogP contribution in [0.25, 0.3) is 0 Å². The average molecular weight is 363 g/mol. The van der Waals surface area contributed by atoms with E-state index < -0.39 is 27.9 Å². The number of nitrogens with zero attached hydrogens (tertiary/aromatic N) is 1. The Morgan fingerprint density at radius 1 is 1.25 bits per heavy atom. The van der Waals surface area contributed by atoms with Crippen LogP contribution in [-0.2, 0) is 14.8 Å². The maximum atomic E-state index is 12.2. The van der Waals surface area contributed by atoms with Crippen LogP contribution in [0.3, 0.4) is 0 Å². The molecule has 124 valence electrons. The SMILES string of the molecule is CC(NC(=O)c1cccs1)C(=O)NS(=O)(=O)c1cccc(C#N)c1. The first-order valence-corrected chi connectivity index (χ1v) is 9.11. The molecule has 0 spiro atoms. The van der Waals surface area contributed by atoms with Gasteiger partial charge in [-0.05, 0) is 36.6 Å². The van der Waals surface area contributed by atoms with Crippen molar-refractivity contribution in [3.63, 3.8) is 0 Å². The predicted molar refractivity (Wildman–Crippen MR) is 87.7 cm³/mol. The monoisotopic (exact) mass is 363 g/mol. The fourth-order valence-corrected chi connectivity index (χ4v) is 3.48. The van der Waals surface area contributed by atoms with Crippen LogP contribution in [0.1, 0.15) is 22.2 Å². The van der Waals surface area contributed by atoms with Crippen molar-refractivity contribution < 1.29 is 18.0 Å². The average Bonchev–Trinajstić information content (AvgIpc) is 3.09. The van der Waals surface area contributed by atoms with E-state index in [0.29, 0.717) is 4.88 Å². The van der Waals surface area contributed by atoms with Crippen molar-refractivity contribution in [3.05, 3.63) is 52.2 Å². The first-order valence-electron chi connectivity index (χ1n) is 6.74. The number of thiophene rings is 1. The Morgan fingerprint density at radius 3 is 2.62 bits per heavy atom. The fraction of sp³-hybridized carbons (Fsp3) is 0.133. The largest absolute Gasteiger partial charge is 0.340 e. The van der Waals surface area contributed by atoms with Crippen molar-refractivity contribution in [1.82, 2.24) is 10.0 Å². The first-order chi connectivity index (χ1) is 11.3. The third kappa shape index (κ3) is 4.18. The summed E-state index contributed by atoms with van der Waals surface area (Å²) in [5.74, 6) is -1.33. The maximum absolute atomic E-state index is 12.2. The van der Waals surface area contributed by atoms with Crippen molar-refractivity contribution in [2.75, 3.05) is 0 Å². The van der Waals surface area contributed by atoms with Crippen LogP contribution < -0.4 is 10.0 Å². The van der Waals surface area contributed by atoms with Crippen molar-refractivity contribution in [3.8, 4) is 6.07 Å². The number of hydrogen-bond acceptors (Lipinski definition) is 6. The van der Waals surface area contributed by atoms with Gasteiger partial charge in [-0.3, -0.25) is 9.59 Å². The van der Waals surface area contributed by atoms with Crippen LogP contribution >= 0.6 is 11.3 Å². The van der Waals surface area contributed by atoms with Gasteiger partial charge in [0.2, 0.25) is 0 Å². The highest BCUT2D eigenvalue weighted by atomic mass is 32.2. The zero-order valence-corrected chi connectivity index (χ0v) is 14.1. The standard InChI is InChI=1S/C15H13N3O4S2/c1-10(17-15(20)13-6-3-7-23-13)14(19)18-24(21,22)12-5-2-4-11(8-12)9-16/h2-8,10H,1H3,(H,17,20)(H,18,19). The van der Waals surface area contributed by atoms with Gasteiger partial charge >= 0.3 is 0 Å². The van der Waals surface area contributed by atoms with Gasteiger partial charge < -0.3 is 5.32 Å². The second kappa shape index (κ2) is 7.25. The predicted octanol–water partition coefficient (Wildman–Crippen LogP) is 1.24. The van der Waals surface area contributed by atoms with Crippen molar-refractivity contribution in [2.24, 2.45) is 0 Å². The summed E-state index contributed by atoms with van der Waals surface area (Å²) in [5.41, 5.74) is 0.157. The van der Waals surface area contributed by atoms with Crippen molar-refractivity contribution >= 4 is 33.2 Å². The first kappa shape index (κ1) is 17.7. The zero-order valence-electron chi connectivity index (χ0n) is 12.5. The van der Waals surface area contributed by atoms with Gasteiger partial charge in [-0.2, -0.15) is 5.26 Å². The molecular formula is C15H13N3O4S2. The summed E-state index contributed by atoms with van der Waals surface area (Å²) < 4.78 is 26.2. The van der Waals surface area contributed by atoms with Gasteiger partial charge in [0.05, 0.1) is 21.4 Å². The van der Waals surface area contributed by atoms with Crippen molar-refractivity contribution in [1.29, 1.82) is 5.26 Å². The summed E-state index contributed by atoms with van der Waals surface area (Å²) in [4.78, 5) is 24.1. The lowest BCUT2D eigenvalue weighted by atomic mass is 10.2. The molecule has 1 aromatic heterocycles. The summed E-state index contributed by atoms with van der Waals surface area (Å²) >= 11 is 1.21. The quantitative estimate of drug-likeness (QED) is 0.829. The van der Waals surface area contributed by atoms with E-state index in [1.54, 1.807) is 17.5 Å². The van der Waals surface area contributed by atoms with Gasteiger partial charge in [0.15, 0.2) is 0 Å². The lowest BCUT2D eigenvalue weighted by Gasteiger charge is -2.14. The molecule has 0 saturated heterocycles. The molecule has 0 radical (unpaired) electrons. The number of carbonyl (C=O) groups excluding carboxylic acids is 2. The minimum Gasteiger partial charge on any atom is -0.340 e. The molecule has 2 N–H and O–H groups in total. The molecule has 0 fully saturated rings. The lowest BCUT2D eigenvalue weighted by molar-refractivity contribution is -0.120. The highest BCUT2D eigenvalue weighted by molar-refractivity contribution is 7.90. The van der Waals surface area contributed by atoms with Gasteiger partial charge in [0.1, 0.15) is 6.04 Å². The van der Waals surface area contributed by atoms with Crippen LogP contribution in [0, 0.1) is 11.3 Å². The molecule has 24 heavy (non-hydrogen) atoms. The van der Waals surface area contributed by atoms with Gasteiger partial charge in [0.25, 0.3) is 21.8 Å². The smallest absolute Gasteiger partial charge is 0.264 e. The molecule has 1 aromatic carbocycles. The molecule has 1 unspecified atom stereocenters. The summed E-state index contributed by atoms with van der Waals surface area (Å²) in [6.07, 6.45) is 0. The molecule has 1 heterocycles. The summed E-state index contributed by atoms with van der Waals surface area (Å²) in [6, 6.07) is 9.34. The molecule has 0 saturated carbocycles. The number of rotatable bonds is 5. The van der Waals surface area contributed by atoms with Gasteiger partial charge in [-0.1, -0.05) is 12.1 Å². The second-order valence-corrected chi connectivity index (χ2v) is 7.41. The molecular weight excluding hydrogens is 350 g/mol. The summed E-state index contributed by atoms with van der Waals surface area (Å²) in [7, 11) is -4.13. The topological polar surface area (TPSA) is 116 Å². The van der Waals surface area contributed by atoms with E-state index in [1.165, 1.54) is 36.5 Å². The van der Waals surface area contributed by atoms with Crippen molar-refractivity contribution in [2.45, 2.75) is 17.9 Å². The molecule has 0 aliphatic heterocycles. The maximum Gasteiger partial charge on any atom is 0.264 e. The highest BCUT2D eigenvalue weighted by Crippen LogP contribution is 2.11. The highest BCUT2D eigenvalue weighted by Gasteiger charge is 2.23.